The van der Waals surface area contributed by atoms with E-state index in [9.17, 15) is 24.3 Å². The van der Waals surface area contributed by atoms with Gasteiger partial charge in [0.05, 0.1) is 7.11 Å². The molecule has 1 rings (SSSR count). The Morgan fingerprint density at radius 3 is 2.27 bits per heavy atom. The minimum Gasteiger partial charge on any atom is -0.507 e. The van der Waals surface area contributed by atoms with Gasteiger partial charge in [-0.25, -0.2) is 4.79 Å². The summed E-state index contributed by atoms with van der Waals surface area (Å²) in [5.74, 6) is -2.18. The molecule has 0 heterocycles. The molecule has 3 atom stereocenters. The Balaban J connectivity index is 3.59. The van der Waals surface area contributed by atoms with Gasteiger partial charge < -0.3 is 30.1 Å². The summed E-state index contributed by atoms with van der Waals surface area (Å²) in [6, 6.07) is 2.74. The monoisotopic (exact) mass is 563 g/mol. The van der Waals surface area contributed by atoms with Gasteiger partial charge in [0.2, 0.25) is 11.8 Å². The summed E-state index contributed by atoms with van der Waals surface area (Å²) >= 11 is 0. The number of alkyl carbamates (subject to hydrolysis) is 1. The van der Waals surface area contributed by atoms with Gasteiger partial charge in [0.1, 0.15) is 30.0 Å². The zero-order chi connectivity index (χ0) is 30.5. The molecule has 3 amide bonds. The van der Waals surface area contributed by atoms with E-state index in [1.807, 2.05) is 13.8 Å². The van der Waals surface area contributed by atoms with Gasteiger partial charge in [0.25, 0.3) is 0 Å². The first-order chi connectivity index (χ1) is 18.8. The third-order valence-corrected chi connectivity index (χ3v) is 6.70. The van der Waals surface area contributed by atoms with Crippen LogP contribution in [0.25, 0.3) is 0 Å². The van der Waals surface area contributed by atoms with Crippen LogP contribution in [-0.2, 0) is 23.9 Å². The number of nitrogens with one attached hydrogen (secondary N) is 2. The second-order valence-corrected chi connectivity index (χ2v) is 11.2. The van der Waals surface area contributed by atoms with Gasteiger partial charge in [-0.05, 0) is 45.6 Å². The lowest BCUT2D eigenvalue weighted by molar-refractivity contribution is -0.145. The number of carbonyl (C=O) groups excluding carboxylic acids is 4. The van der Waals surface area contributed by atoms with Crippen LogP contribution in [0.5, 0.6) is 5.75 Å². The molecule has 0 radical (unpaired) electrons. The maximum Gasteiger partial charge on any atom is 0.408 e. The van der Waals surface area contributed by atoms with Gasteiger partial charge in [-0.15, -0.1) is 0 Å². The molecule has 226 valence electrons. The summed E-state index contributed by atoms with van der Waals surface area (Å²) < 4.78 is 10.1. The highest BCUT2D eigenvalue weighted by atomic mass is 16.6. The number of benzene rings is 1. The third-order valence-electron chi connectivity index (χ3n) is 6.70. The molecule has 1 aromatic rings. The van der Waals surface area contributed by atoms with Crippen molar-refractivity contribution in [2.24, 2.45) is 5.92 Å². The number of hydrogen-bond acceptors (Lipinski definition) is 7. The first-order valence-corrected chi connectivity index (χ1v) is 14.2. The molecule has 10 heteroatoms. The van der Waals surface area contributed by atoms with E-state index in [4.69, 9.17) is 4.74 Å². The van der Waals surface area contributed by atoms with Gasteiger partial charge in [0, 0.05) is 12.1 Å². The van der Waals surface area contributed by atoms with E-state index in [0.717, 1.165) is 25.7 Å². The Morgan fingerprint density at radius 1 is 1.05 bits per heavy atom. The van der Waals surface area contributed by atoms with Gasteiger partial charge in [-0.3, -0.25) is 14.4 Å². The Labute approximate surface area is 239 Å². The fourth-order valence-corrected chi connectivity index (χ4v) is 4.23. The Kier molecular flexibility index (Phi) is 14.5. The summed E-state index contributed by atoms with van der Waals surface area (Å²) in [5.41, 5.74) is -0.0103. The van der Waals surface area contributed by atoms with E-state index in [0.29, 0.717) is 18.4 Å². The van der Waals surface area contributed by atoms with Crippen molar-refractivity contribution in [1.29, 1.82) is 0 Å². The largest absolute Gasteiger partial charge is 0.507 e. The number of esters is 1. The molecule has 3 N–H and O–H groups in total. The molecule has 0 saturated carbocycles. The molecule has 0 aliphatic heterocycles. The molecule has 0 aliphatic rings. The number of nitrogens with zero attached hydrogens (tertiary/aromatic N) is 1. The summed E-state index contributed by atoms with van der Waals surface area (Å²) in [6.07, 6.45) is 4.35. The molecule has 10 nitrogen and oxygen atoms in total. The molecular weight excluding hydrogens is 514 g/mol. The lowest BCUT2D eigenvalue weighted by Crippen LogP contribution is -2.55. The summed E-state index contributed by atoms with van der Waals surface area (Å²) in [6.45, 7) is 12.6. The number of unbranched alkanes of at least 4 members (excludes halogenated alkanes) is 4. The number of amides is 3. The van der Waals surface area contributed by atoms with Gasteiger partial charge in [0.15, 0.2) is 0 Å². The number of rotatable bonds is 15. The second-order valence-electron chi connectivity index (χ2n) is 11.2. The first kappa shape index (κ1) is 34.7. The van der Waals surface area contributed by atoms with Crippen molar-refractivity contribution < 1.29 is 33.8 Å². The Bertz CT molecular complexity index is 990. The predicted molar refractivity (Wildman–Crippen MR) is 154 cm³/mol. The maximum atomic E-state index is 14.3. The van der Waals surface area contributed by atoms with Gasteiger partial charge >= 0.3 is 12.1 Å². The summed E-state index contributed by atoms with van der Waals surface area (Å²) in [4.78, 5) is 53.9. The molecule has 0 saturated heterocycles. The average molecular weight is 564 g/mol. The number of hydrogen-bond donors (Lipinski definition) is 3. The second kappa shape index (κ2) is 16.7. The molecule has 1 aromatic carbocycles. The van der Waals surface area contributed by atoms with Crippen molar-refractivity contribution in [3.05, 3.63) is 29.3 Å². The highest BCUT2D eigenvalue weighted by molar-refractivity contribution is 5.93. The van der Waals surface area contributed by atoms with Crippen LogP contribution in [0.4, 0.5) is 4.79 Å². The van der Waals surface area contributed by atoms with Crippen molar-refractivity contribution in [3.8, 4) is 5.75 Å². The highest BCUT2D eigenvalue weighted by Gasteiger charge is 2.39. The molecule has 3 unspecified atom stereocenters. The lowest BCUT2D eigenvalue weighted by atomic mass is 9.94. The predicted octanol–water partition coefficient (Wildman–Crippen LogP) is 4.77. The van der Waals surface area contributed by atoms with Crippen LogP contribution in [0.15, 0.2) is 18.2 Å². The van der Waals surface area contributed by atoms with Crippen LogP contribution in [0.2, 0.25) is 0 Å². The number of aromatic hydroxyl groups is 1. The number of methoxy groups -OCH3 is 1. The van der Waals surface area contributed by atoms with Crippen molar-refractivity contribution in [2.45, 2.75) is 105 Å². The first-order valence-electron chi connectivity index (χ1n) is 14.2. The van der Waals surface area contributed by atoms with E-state index in [2.05, 4.69) is 22.3 Å². The van der Waals surface area contributed by atoms with Crippen molar-refractivity contribution in [1.82, 2.24) is 15.5 Å². The molecular formula is C30H49N3O7. The van der Waals surface area contributed by atoms with E-state index in [1.54, 1.807) is 45.9 Å². The number of carbonyl (C=O) groups is 4. The smallest absolute Gasteiger partial charge is 0.408 e. The Hall–Kier alpha value is -3.30. The van der Waals surface area contributed by atoms with E-state index < -0.39 is 48.1 Å². The quantitative estimate of drug-likeness (QED) is 0.207. The third kappa shape index (κ3) is 11.1. The van der Waals surface area contributed by atoms with Gasteiger partial charge in [-0.2, -0.15) is 0 Å². The number of para-hydroxylation sites is 1. The van der Waals surface area contributed by atoms with Crippen molar-refractivity contribution >= 4 is 23.9 Å². The average Bonchev–Trinajstić information content (AvgIpc) is 2.89. The molecule has 0 aliphatic carbocycles. The van der Waals surface area contributed by atoms with Crippen LogP contribution in [0.1, 0.15) is 97.2 Å². The van der Waals surface area contributed by atoms with Crippen LogP contribution in [0, 0.1) is 12.8 Å². The number of ether oxygens (including phenoxy) is 2. The molecule has 0 bridgehead atoms. The molecule has 40 heavy (non-hydrogen) atoms. The zero-order valence-electron chi connectivity index (χ0n) is 25.5. The molecule has 0 spiro atoms. The van der Waals surface area contributed by atoms with E-state index in [1.165, 1.54) is 12.0 Å². The SMILES string of the molecule is CCCCCCCN(C(=O)C(NC(=O)OC(C)(C)C)C(C)CC)C(C(=O)NCC(=O)OC)c1cccc(C)c1O. The molecule has 0 fully saturated rings. The van der Waals surface area contributed by atoms with Gasteiger partial charge in [-0.1, -0.05) is 71.1 Å². The van der Waals surface area contributed by atoms with E-state index in [-0.39, 0.29) is 23.8 Å². The fourth-order valence-electron chi connectivity index (χ4n) is 4.23. The molecule has 0 aromatic heterocycles. The topological polar surface area (TPSA) is 134 Å². The van der Waals surface area contributed by atoms with Crippen LogP contribution in [-0.4, -0.2) is 65.7 Å². The van der Waals surface area contributed by atoms with Crippen LogP contribution >= 0.6 is 0 Å². The van der Waals surface area contributed by atoms with Crippen molar-refractivity contribution in [3.63, 3.8) is 0 Å². The lowest BCUT2D eigenvalue weighted by Gasteiger charge is -2.36. The zero-order valence-corrected chi connectivity index (χ0v) is 25.5. The standard InChI is InChI=1S/C30H49N3O7/c1-9-11-12-13-14-18-33(28(37)24(20(3)10-2)32-29(38)40-30(5,6)7)25(27(36)31-19-23(34)39-8)22-17-15-16-21(4)26(22)35/h15-17,20,24-25,35H,9-14,18-19H2,1-8H3,(H,31,36)(H,32,38). The van der Waals surface area contributed by atoms with E-state index >= 15 is 0 Å². The Morgan fingerprint density at radius 2 is 1.70 bits per heavy atom. The van der Waals surface area contributed by atoms with Crippen molar-refractivity contribution in [2.75, 3.05) is 20.2 Å². The van der Waals surface area contributed by atoms with Crippen LogP contribution < -0.4 is 10.6 Å². The number of phenols is 1. The minimum atomic E-state index is -1.25. The highest BCUT2D eigenvalue weighted by Crippen LogP contribution is 2.33. The summed E-state index contributed by atoms with van der Waals surface area (Å²) in [7, 11) is 1.21. The fraction of sp³-hybridized carbons (Fsp3) is 0.667. The number of aryl methyl sites for hydroxylation is 1. The minimum absolute atomic E-state index is 0.121. The number of phenolic OH excluding ortho intramolecular Hbond substituents is 1. The normalized spacial score (nSPS) is 13.5. The summed E-state index contributed by atoms with van der Waals surface area (Å²) in [5, 5.41) is 16.3. The van der Waals surface area contributed by atoms with Crippen LogP contribution in [0.3, 0.4) is 0 Å². The maximum absolute atomic E-state index is 14.3.